The Balaban J connectivity index is 0.000000240. The van der Waals surface area contributed by atoms with E-state index in [9.17, 15) is 54.6 Å². The summed E-state index contributed by atoms with van der Waals surface area (Å²) in [6.45, 7) is -6.01. The standard InChI is InChI=1S/C15H10F4O3.C15H8F4O3/c2*16-10-5-9(6-11(17)7-10)14(21)13(20)8-1-3-12(4-2-8)22-15(18)19/h1-7,13,15,20H;1-7,15H. The Bertz CT molecular complexity index is 1590. The first kappa shape index (κ1) is 33.4. The van der Waals surface area contributed by atoms with Crippen LogP contribution in [0.1, 0.15) is 42.7 Å². The summed E-state index contributed by atoms with van der Waals surface area (Å²) in [6.07, 6.45) is -1.68. The molecule has 0 aliphatic rings. The van der Waals surface area contributed by atoms with Gasteiger partial charge in [-0.15, -0.1) is 0 Å². The summed E-state index contributed by atoms with van der Waals surface area (Å²) in [5.41, 5.74) is -0.805. The highest BCUT2D eigenvalue weighted by molar-refractivity contribution is 6.49. The van der Waals surface area contributed by atoms with Gasteiger partial charge in [-0.3, -0.25) is 14.4 Å². The fourth-order valence-electron chi connectivity index (χ4n) is 3.57. The van der Waals surface area contributed by atoms with Crippen molar-refractivity contribution in [1.82, 2.24) is 0 Å². The maximum Gasteiger partial charge on any atom is 0.387 e. The van der Waals surface area contributed by atoms with Gasteiger partial charge in [0.05, 0.1) is 0 Å². The van der Waals surface area contributed by atoms with E-state index in [-0.39, 0.29) is 28.2 Å². The molecule has 4 aromatic carbocycles. The number of carbonyl (C=O) groups is 3. The van der Waals surface area contributed by atoms with Crippen molar-refractivity contribution in [3.63, 3.8) is 0 Å². The van der Waals surface area contributed by atoms with Crippen LogP contribution < -0.4 is 9.47 Å². The molecule has 0 aromatic heterocycles. The van der Waals surface area contributed by atoms with E-state index in [1.807, 2.05) is 0 Å². The number of aliphatic hydroxyl groups is 1. The Morgan fingerprint density at radius 2 is 0.886 bits per heavy atom. The average molecular weight is 626 g/mol. The normalized spacial score (nSPS) is 11.4. The lowest BCUT2D eigenvalue weighted by atomic mass is 10.00. The molecule has 1 unspecified atom stereocenters. The van der Waals surface area contributed by atoms with Gasteiger partial charge in [0, 0.05) is 28.8 Å². The molecule has 6 nitrogen and oxygen atoms in total. The molecule has 0 spiro atoms. The second-order valence-corrected chi connectivity index (χ2v) is 8.59. The highest BCUT2D eigenvalue weighted by atomic mass is 19.3. The maximum atomic E-state index is 13.1. The van der Waals surface area contributed by atoms with Gasteiger partial charge in [-0.25, -0.2) is 17.6 Å². The maximum absolute atomic E-state index is 13.1. The van der Waals surface area contributed by atoms with Gasteiger partial charge < -0.3 is 14.6 Å². The molecular weight excluding hydrogens is 608 g/mol. The number of benzene rings is 4. The molecule has 0 saturated heterocycles. The number of hydrogen-bond acceptors (Lipinski definition) is 6. The Kier molecular flexibility index (Phi) is 11.3. The minimum Gasteiger partial charge on any atom is -0.435 e. The van der Waals surface area contributed by atoms with E-state index >= 15 is 0 Å². The molecule has 4 rings (SSSR count). The van der Waals surface area contributed by atoms with Gasteiger partial charge >= 0.3 is 13.2 Å². The first-order chi connectivity index (χ1) is 20.7. The number of alkyl halides is 4. The van der Waals surface area contributed by atoms with Crippen LogP contribution in [0.3, 0.4) is 0 Å². The molecule has 14 heteroatoms. The van der Waals surface area contributed by atoms with Gasteiger partial charge in [0.1, 0.15) is 40.9 Å². The molecule has 44 heavy (non-hydrogen) atoms. The second kappa shape index (κ2) is 14.9. The third-order valence-corrected chi connectivity index (χ3v) is 5.49. The molecule has 4 aromatic rings. The zero-order chi connectivity index (χ0) is 32.6. The van der Waals surface area contributed by atoms with E-state index in [1.54, 1.807) is 0 Å². The third-order valence-electron chi connectivity index (χ3n) is 5.49. The fraction of sp³-hybridized carbons (Fsp3) is 0.100. The third kappa shape index (κ3) is 9.46. The summed E-state index contributed by atoms with van der Waals surface area (Å²) in [5, 5.41) is 9.91. The molecule has 0 aliphatic carbocycles. The molecule has 0 bridgehead atoms. The van der Waals surface area contributed by atoms with Crippen LogP contribution in [0.15, 0.2) is 84.9 Å². The van der Waals surface area contributed by atoms with Crippen molar-refractivity contribution < 1.29 is 64.1 Å². The van der Waals surface area contributed by atoms with Crippen molar-refractivity contribution >= 4 is 17.3 Å². The highest BCUT2D eigenvalue weighted by Crippen LogP contribution is 2.23. The number of Topliss-reactive ketones (excluding diaryl/α,β-unsaturated/α-hetero) is 3. The zero-order valence-corrected chi connectivity index (χ0v) is 21.8. The van der Waals surface area contributed by atoms with Crippen molar-refractivity contribution in [2.45, 2.75) is 19.3 Å². The summed E-state index contributed by atoms with van der Waals surface area (Å²) in [4.78, 5) is 35.8. The van der Waals surface area contributed by atoms with Gasteiger partial charge in [-0.05, 0) is 66.2 Å². The molecule has 0 radical (unpaired) electrons. The summed E-state index contributed by atoms with van der Waals surface area (Å²) in [5.74, 6) is -7.25. The first-order valence-corrected chi connectivity index (χ1v) is 12.1. The molecule has 1 N–H and O–H groups in total. The summed E-state index contributed by atoms with van der Waals surface area (Å²) < 4.78 is 108. The van der Waals surface area contributed by atoms with E-state index in [0.29, 0.717) is 12.1 Å². The zero-order valence-electron chi connectivity index (χ0n) is 21.8. The molecular formula is C30H18F8O6. The highest BCUT2D eigenvalue weighted by Gasteiger charge is 2.22. The van der Waals surface area contributed by atoms with Crippen LogP contribution in [-0.2, 0) is 0 Å². The van der Waals surface area contributed by atoms with E-state index in [1.165, 1.54) is 12.1 Å². The number of rotatable bonds is 10. The summed E-state index contributed by atoms with van der Waals surface area (Å²) >= 11 is 0. The SMILES string of the molecule is O=C(C(=O)c1cc(F)cc(F)c1)c1ccc(OC(F)F)cc1.O=C(c1cc(F)cc(F)c1)C(O)c1ccc(OC(F)F)cc1. The minimum atomic E-state index is -3.02. The van der Waals surface area contributed by atoms with Crippen LogP contribution in [0.5, 0.6) is 11.5 Å². The van der Waals surface area contributed by atoms with Gasteiger partial charge in [-0.1, -0.05) is 12.1 Å². The molecule has 1 atom stereocenters. The quantitative estimate of drug-likeness (QED) is 0.115. The summed E-state index contributed by atoms with van der Waals surface area (Å²) in [7, 11) is 0. The Morgan fingerprint density at radius 1 is 0.523 bits per heavy atom. The van der Waals surface area contributed by atoms with E-state index in [4.69, 9.17) is 0 Å². The molecule has 0 aliphatic heterocycles. The lowest BCUT2D eigenvalue weighted by molar-refractivity contribution is -0.0505. The molecule has 230 valence electrons. The van der Waals surface area contributed by atoms with Crippen molar-refractivity contribution in [1.29, 1.82) is 0 Å². The lowest BCUT2D eigenvalue weighted by Crippen LogP contribution is -2.15. The van der Waals surface area contributed by atoms with E-state index < -0.39 is 65.5 Å². The molecule has 0 heterocycles. The van der Waals surface area contributed by atoms with Crippen LogP contribution in [0.25, 0.3) is 0 Å². The Hall–Kier alpha value is -5.11. The van der Waals surface area contributed by atoms with Gasteiger partial charge in [0.2, 0.25) is 11.6 Å². The van der Waals surface area contributed by atoms with E-state index in [2.05, 4.69) is 9.47 Å². The van der Waals surface area contributed by atoms with E-state index in [0.717, 1.165) is 60.7 Å². The number of ether oxygens (including phenoxy) is 2. The van der Waals surface area contributed by atoms with Crippen molar-refractivity contribution in [2.24, 2.45) is 0 Å². The smallest absolute Gasteiger partial charge is 0.387 e. The fourth-order valence-corrected chi connectivity index (χ4v) is 3.57. The van der Waals surface area contributed by atoms with Crippen LogP contribution >= 0.6 is 0 Å². The number of halogens is 8. The van der Waals surface area contributed by atoms with Gasteiger partial charge in [0.25, 0.3) is 0 Å². The largest absolute Gasteiger partial charge is 0.435 e. The molecule has 0 fully saturated rings. The Morgan fingerprint density at radius 3 is 1.30 bits per heavy atom. The van der Waals surface area contributed by atoms with Crippen molar-refractivity contribution in [3.8, 4) is 11.5 Å². The first-order valence-electron chi connectivity index (χ1n) is 12.1. The molecule has 0 saturated carbocycles. The van der Waals surface area contributed by atoms with Crippen molar-refractivity contribution in [3.05, 3.63) is 130 Å². The van der Waals surface area contributed by atoms with Crippen LogP contribution in [0.4, 0.5) is 35.1 Å². The Labute approximate surface area is 243 Å². The monoisotopic (exact) mass is 626 g/mol. The lowest BCUT2D eigenvalue weighted by Gasteiger charge is -2.11. The number of ketones is 3. The predicted molar refractivity (Wildman–Crippen MR) is 137 cm³/mol. The average Bonchev–Trinajstić information content (AvgIpc) is 2.95. The summed E-state index contributed by atoms with van der Waals surface area (Å²) in [6, 6.07) is 13.3. The van der Waals surface area contributed by atoms with Gasteiger partial charge in [-0.2, -0.15) is 17.6 Å². The predicted octanol–water partition coefficient (Wildman–Crippen LogP) is 7.11. The number of aliphatic hydroxyl groups excluding tert-OH is 1. The van der Waals surface area contributed by atoms with Crippen LogP contribution in [-0.4, -0.2) is 35.7 Å². The van der Waals surface area contributed by atoms with Crippen LogP contribution in [0, 0.1) is 23.3 Å². The number of carbonyl (C=O) groups excluding carboxylic acids is 3. The molecule has 0 amide bonds. The van der Waals surface area contributed by atoms with Gasteiger partial charge in [0.15, 0.2) is 5.78 Å². The minimum absolute atomic E-state index is 0.0799. The second-order valence-electron chi connectivity index (χ2n) is 8.59. The number of hydrogen-bond donors (Lipinski definition) is 1. The van der Waals surface area contributed by atoms with Crippen molar-refractivity contribution in [2.75, 3.05) is 0 Å². The topological polar surface area (TPSA) is 89.9 Å². The van der Waals surface area contributed by atoms with Crippen LogP contribution in [0.2, 0.25) is 0 Å².